The van der Waals surface area contributed by atoms with Gasteiger partial charge in [-0.2, -0.15) is 0 Å². The fourth-order valence-electron chi connectivity index (χ4n) is 1.71. The third kappa shape index (κ3) is 4.55. The lowest BCUT2D eigenvalue weighted by Crippen LogP contribution is -2.34. The van der Waals surface area contributed by atoms with Crippen molar-refractivity contribution >= 4 is 11.6 Å². The maximum Gasteiger partial charge on any atom is 0.251 e. The lowest BCUT2D eigenvalue weighted by atomic mass is 10.1. The van der Waals surface area contributed by atoms with Crippen LogP contribution in [0.4, 0.5) is 5.69 Å². The number of nitrogens with two attached hydrogens (primary N) is 1. The van der Waals surface area contributed by atoms with Crippen LogP contribution in [0.2, 0.25) is 0 Å². The number of carbonyl (C=O) groups is 1. The van der Waals surface area contributed by atoms with Gasteiger partial charge < -0.3 is 15.8 Å². The predicted molar refractivity (Wildman–Crippen MR) is 77.0 cm³/mol. The molecular formula is C15H20N2O2. The molecule has 0 saturated heterocycles. The minimum atomic E-state index is -0.185. The highest BCUT2D eigenvalue weighted by molar-refractivity contribution is 5.95. The van der Waals surface area contributed by atoms with E-state index in [9.17, 15) is 4.79 Å². The summed E-state index contributed by atoms with van der Waals surface area (Å²) in [6.45, 7) is 4.38. The Balaban J connectivity index is 2.84. The van der Waals surface area contributed by atoms with E-state index in [0.29, 0.717) is 30.0 Å². The molecule has 4 heteroatoms. The summed E-state index contributed by atoms with van der Waals surface area (Å²) in [7, 11) is 0. The first kappa shape index (κ1) is 14.9. The van der Waals surface area contributed by atoms with E-state index in [1.54, 1.807) is 18.2 Å². The number of terminal acetylenes is 1. The fourth-order valence-corrected chi connectivity index (χ4v) is 1.71. The van der Waals surface area contributed by atoms with Crippen LogP contribution in [0.1, 0.15) is 37.0 Å². The Hall–Kier alpha value is -2.15. The van der Waals surface area contributed by atoms with Crippen molar-refractivity contribution in [1.29, 1.82) is 0 Å². The molecule has 0 radical (unpaired) electrons. The second-order valence-corrected chi connectivity index (χ2v) is 4.21. The second kappa shape index (κ2) is 7.32. The largest absolute Gasteiger partial charge is 0.494 e. The van der Waals surface area contributed by atoms with Gasteiger partial charge in [-0.25, -0.2) is 0 Å². The number of ether oxygens (including phenoxy) is 1. The van der Waals surface area contributed by atoms with Crippen molar-refractivity contribution in [2.75, 3.05) is 12.3 Å². The highest BCUT2D eigenvalue weighted by Gasteiger charge is 2.12. The molecule has 0 aliphatic carbocycles. The van der Waals surface area contributed by atoms with Gasteiger partial charge in [-0.15, -0.1) is 12.3 Å². The van der Waals surface area contributed by atoms with Crippen LogP contribution in [0.25, 0.3) is 0 Å². The normalized spacial score (nSPS) is 11.4. The van der Waals surface area contributed by atoms with Crippen molar-refractivity contribution in [1.82, 2.24) is 5.32 Å². The molecular weight excluding hydrogens is 240 g/mol. The zero-order chi connectivity index (χ0) is 14.3. The Labute approximate surface area is 114 Å². The molecule has 1 atom stereocenters. The number of nitrogens with one attached hydrogen (secondary N) is 1. The Kier molecular flexibility index (Phi) is 5.74. The summed E-state index contributed by atoms with van der Waals surface area (Å²) in [4.78, 5) is 12.1. The second-order valence-electron chi connectivity index (χ2n) is 4.21. The van der Waals surface area contributed by atoms with E-state index in [1.807, 2.05) is 13.8 Å². The lowest BCUT2D eigenvalue weighted by Gasteiger charge is -2.15. The third-order valence-corrected chi connectivity index (χ3v) is 2.69. The van der Waals surface area contributed by atoms with E-state index >= 15 is 0 Å². The molecule has 1 aromatic carbocycles. The first-order valence-electron chi connectivity index (χ1n) is 6.38. The minimum Gasteiger partial charge on any atom is -0.494 e. The van der Waals surface area contributed by atoms with Crippen molar-refractivity contribution < 1.29 is 9.53 Å². The Morgan fingerprint density at radius 1 is 1.47 bits per heavy atom. The van der Waals surface area contributed by atoms with E-state index in [2.05, 4.69) is 11.2 Å². The van der Waals surface area contributed by atoms with Crippen LogP contribution in [0.3, 0.4) is 0 Å². The number of benzene rings is 1. The SMILES string of the molecule is C#CCC(CC)NC(=O)c1cc(N)cc(OCC)c1. The maximum atomic E-state index is 12.1. The van der Waals surface area contributed by atoms with Crippen LogP contribution < -0.4 is 15.8 Å². The van der Waals surface area contributed by atoms with Crippen LogP contribution in [-0.4, -0.2) is 18.6 Å². The molecule has 0 heterocycles. The first-order chi connectivity index (χ1) is 9.10. The van der Waals surface area contributed by atoms with E-state index in [1.165, 1.54) is 0 Å². The van der Waals surface area contributed by atoms with E-state index < -0.39 is 0 Å². The molecule has 0 saturated carbocycles. The molecule has 1 aromatic rings. The molecule has 0 fully saturated rings. The molecule has 0 aliphatic rings. The summed E-state index contributed by atoms with van der Waals surface area (Å²) in [5.74, 6) is 2.96. The summed E-state index contributed by atoms with van der Waals surface area (Å²) in [6, 6.07) is 4.98. The molecule has 0 bridgehead atoms. The van der Waals surface area contributed by atoms with Gasteiger partial charge in [-0.05, 0) is 25.5 Å². The number of carbonyl (C=O) groups excluding carboxylic acids is 1. The molecule has 3 N–H and O–H groups in total. The zero-order valence-electron chi connectivity index (χ0n) is 11.4. The smallest absolute Gasteiger partial charge is 0.251 e. The fraction of sp³-hybridized carbons (Fsp3) is 0.400. The van der Waals surface area contributed by atoms with Crippen molar-refractivity contribution in [3.05, 3.63) is 23.8 Å². The predicted octanol–water partition coefficient (Wildman–Crippen LogP) is 2.20. The number of rotatable bonds is 6. The van der Waals surface area contributed by atoms with Crippen LogP contribution in [0.15, 0.2) is 18.2 Å². The number of amides is 1. The van der Waals surface area contributed by atoms with Gasteiger partial charge in [0.05, 0.1) is 6.61 Å². The summed E-state index contributed by atoms with van der Waals surface area (Å²) in [5.41, 5.74) is 6.74. The average Bonchev–Trinajstić information content (AvgIpc) is 2.37. The number of hydrogen-bond donors (Lipinski definition) is 2. The number of nitrogen functional groups attached to an aromatic ring is 1. The van der Waals surface area contributed by atoms with E-state index in [0.717, 1.165) is 6.42 Å². The Bertz CT molecular complexity index is 478. The van der Waals surface area contributed by atoms with Crippen molar-refractivity contribution in [3.63, 3.8) is 0 Å². The molecule has 0 aliphatic heterocycles. The van der Waals surface area contributed by atoms with Gasteiger partial charge in [0, 0.05) is 29.8 Å². The molecule has 4 nitrogen and oxygen atoms in total. The van der Waals surface area contributed by atoms with Crippen LogP contribution in [-0.2, 0) is 0 Å². The average molecular weight is 260 g/mol. The summed E-state index contributed by atoms with van der Waals surface area (Å²) in [6.07, 6.45) is 6.57. The van der Waals surface area contributed by atoms with Crippen LogP contribution in [0.5, 0.6) is 5.75 Å². The van der Waals surface area contributed by atoms with Crippen molar-refractivity contribution in [2.24, 2.45) is 0 Å². The molecule has 1 amide bonds. The van der Waals surface area contributed by atoms with E-state index in [4.69, 9.17) is 16.9 Å². The standard InChI is InChI=1S/C15H20N2O2/c1-4-7-13(5-2)17-15(18)11-8-12(16)10-14(9-11)19-6-3/h1,8-10,13H,5-7,16H2,2-3H3,(H,17,18). The summed E-state index contributed by atoms with van der Waals surface area (Å²) in [5, 5.41) is 2.89. The van der Waals surface area contributed by atoms with Gasteiger partial charge in [0.15, 0.2) is 0 Å². The molecule has 1 unspecified atom stereocenters. The van der Waals surface area contributed by atoms with Crippen LogP contribution in [0, 0.1) is 12.3 Å². The number of anilines is 1. The Morgan fingerprint density at radius 2 is 2.21 bits per heavy atom. The summed E-state index contributed by atoms with van der Waals surface area (Å²) < 4.78 is 5.36. The zero-order valence-corrected chi connectivity index (χ0v) is 11.4. The topological polar surface area (TPSA) is 64.4 Å². The van der Waals surface area contributed by atoms with Gasteiger partial charge in [0.2, 0.25) is 0 Å². The van der Waals surface area contributed by atoms with Crippen LogP contribution >= 0.6 is 0 Å². The van der Waals surface area contributed by atoms with Gasteiger partial charge in [0.25, 0.3) is 5.91 Å². The molecule has 19 heavy (non-hydrogen) atoms. The highest BCUT2D eigenvalue weighted by Crippen LogP contribution is 2.19. The third-order valence-electron chi connectivity index (χ3n) is 2.69. The van der Waals surface area contributed by atoms with Crippen molar-refractivity contribution in [3.8, 4) is 18.1 Å². The monoisotopic (exact) mass is 260 g/mol. The molecule has 0 spiro atoms. The van der Waals surface area contributed by atoms with E-state index in [-0.39, 0.29) is 11.9 Å². The van der Waals surface area contributed by atoms with Gasteiger partial charge in [0.1, 0.15) is 5.75 Å². The maximum absolute atomic E-state index is 12.1. The van der Waals surface area contributed by atoms with Gasteiger partial charge in [-0.1, -0.05) is 6.92 Å². The molecule has 1 rings (SSSR count). The molecule has 0 aromatic heterocycles. The Morgan fingerprint density at radius 3 is 2.79 bits per heavy atom. The lowest BCUT2D eigenvalue weighted by molar-refractivity contribution is 0.0936. The number of hydrogen-bond acceptors (Lipinski definition) is 3. The highest BCUT2D eigenvalue weighted by atomic mass is 16.5. The first-order valence-corrected chi connectivity index (χ1v) is 6.38. The quantitative estimate of drug-likeness (QED) is 0.609. The van der Waals surface area contributed by atoms with Gasteiger partial charge in [-0.3, -0.25) is 4.79 Å². The van der Waals surface area contributed by atoms with Gasteiger partial charge >= 0.3 is 0 Å². The van der Waals surface area contributed by atoms with Crippen molar-refractivity contribution in [2.45, 2.75) is 32.7 Å². The molecule has 102 valence electrons. The minimum absolute atomic E-state index is 0.0190. The summed E-state index contributed by atoms with van der Waals surface area (Å²) >= 11 is 0.